The van der Waals surface area contributed by atoms with Crippen molar-refractivity contribution in [3.63, 3.8) is 0 Å². The summed E-state index contributed by atoms with van der Waals surface area (Å²) in [6.45, 7) is 7.16. The Hall–Kier alpha value is -2.02. The number of anilines is 1. The first kappa shape index (κ1) is 15.4. The predicted octanol–water partition coefficient (Wildman–Crippen LogP) is 2.15. The monoisotopic (exact) mass is 295 g/mol. The van der Waals surface area contributed by atoms with E-state index in [0.29, 0.717) is 36.9 Å². The van der Waals surface area contributed by atoms with Crippen LogP contribution in [0.15, 0.2) is 12.1 Å². The van der Waals surface area contributed by atoms with Crippen molar-refractivity contribution in [2.24, 2.45) is 11.7 Å². The van der Waals surface area contributed by atoms with E-state index in [0.717, 1.165) is 0 Å². The van der Waals surface area contributed by atoms with E-state index in [-0.39, 0.29) is 11.6 Å². The van der Waals surface area contributed by atoms with Gasteiger partial charge in [0.15, 0.2) is 11.5 Å². The summed E-state index contributed by atoms with van der Waals surface area (Å²) in [7, 11) is 0. The zero-order valence-corrected chi connectivity index (χ0v) is 12.5. The van der Waals surface area contributed by atoms with E-state index in [1.807, 2.05) is 20.8 Å². The minimum Gasteiger partial charge on any atom is -0.486 e. The molecule has 116 valence electrons. The number of nitro benzene ring substituents is 1. The van der Waals surface area contributed by atoms with Crippen molar-refractivity contribution in [1.82, 2.24) is 0 Å². The highest BCUT2D eigenvalue weighted by molar-refractivity contribution is 5.69. The third-order valence-corrected chi connectivity index (χ3v) is 3.98. The van der Waals surface area contributed by atoms with Gasteiger partial charge in [-0.1, -0.05) is 13.8 Å². The molecule has 0 spiro atoms. The van der Waals surface area contributed by atoms with E-state index in [2.05, 4.69) is 5.32 Å². The number of nitrogens with one attached hydrogen (secondary N) is 1. The van der Waals surface area contributed by atoms with Gasteiger partial charge in [0.1, 0.15) is 18.9 Å². The maximum absolute atomic E-state index is 11.3. The average molecular weight is 295 g/mol. The Morgan fingerprint density at radius 1 is 1.38 bits per heavy atom. The van der Waals surface area contributed by atoms with Gasteiger partial charge in [-0.3, -0.25) is 10.1 Å². The molecule has 1 unspecified atom stereocenters. The third-order valence-electron chi connectivity index (χ3n) is 3.98. The first-order chi connectivity index (χ1) is 9.87. The molecule has 2 rings (SSSR count). The normalized spacial score (nSPS) is 16.4. The highest BCUT2D eigenvalue weighted by Gasteiger charge is 2.31. The maximum atomic E-state index is 11.3. The summed E-state index contributed by atoms with van der Waals surface area (Å²) in [4.78, 5) is 10.9. The molecule has 1 atom stereocenters. The molecule has 3 N–H and O–H groups in total. The van der Waals surface area contributed by atoms with E-state index in [1.165, 1.54) is 6.07 Å². The molecule has 7 heteroatoms. The van der Waals surface area contributed by atoms with E-state index < -0.39 is 10.5 Å². The van der Waals surface area contributed by atoms with Crippen molar-refractivity contribution < 1.29 is 14.4 Å². The Bertz CT molecular complexity index is 547. The Morgan fingerprint density at radius 2 is 1.95 bits per heavy atom. The Kier molecular flexibility index (Phi) is 4.22. The summed E-state index contributed by atoms with van der Waals surface area (Å²) >= 11 is 0. The number of hydrogen-bond acceptors (Lipinski definition) is 6. The van der Waals surface area contributed by atoms with E-state index >= 15 is 0 Å². The Balaban J connectivity index is 2.44. The number of fused-ring (bicyclic) bond motifs is 1. The molecule has 0 amide bonds. The van der Waals surface area contributed by atoms with Crippen molar-refractivity contribution in [3.8, 4) is 11.5 Å². The second kappa shape index (κ2) is 5.77. The van der Waals surface area contributed by atoms with Crippen molar-refractivity contribution in [1.29, 1.82) is 0 Å². The van der Waals surface area contributed by atoms with E-state index in [9.17, 15) is 10.1 Å². The van der Waals surface area contributed by atoms with Crippen LogP contribution in [0.4, 0.5) is 11.4 Å². The quantitative estimate of drug-likeness (QED) is 0.637. The van der Waals surface area contributed by atoms with Crippen molar-refractivity contribution in [3.05, 3.63) is 22.2 Å². The van der Waals surface area contributed by atoms with Crippen LogP contribution in [0.2, 0.25) is 0 Å². The topological polar surface area (TPSA) is 99.7 Å². The first-order valence-electron chi connectivity index (χ1n) is 6.93. The highest BCUT2D eigenvalue weighted by Crippen LogP contribution is 2.40. The number of nitrogens with two attached hydrogens (primary N) is 1. The van der Waals surface area contributed by atoms with Gasteiger partial charge in [-0.05, 0) is 12.8 Å². The molecule has 0 aliphatic carbocycles. The van der Waals surface area contributed by atoms with Crippen LogP contribution in [-0.2, 0) is 0 Å². The molecule has 1 heterocycles. The summed E-state index contributed by atoms with van der Waals surface area (Å²) < 4.78 is 10.9. The van der Waals surface area contributed by atoms with Crippen molar-refractivity contribution in [2.45, 2.75) is 26.3 Å². The van der Waals surface area contributed by atoms with Crippen LogP contribution >= 0.6 is 0 Å². The van der Waals surface area contributed by atoms with Gasteiger partial charge in [-0.25, -0.2) is 0 Å². The lowest BCUT2D eigenvalue weighted by molar-refractivity contribution is -0.384. The van der Waals surface area contributed by atoms with Crippen LogP contribution in [-0.4, -0.2) is 30.2 Å². The molecular weight excluding hydrogens is 274 g/mol. The van der Waals surface area contributed by atoms with Gasteiger partial charge in [0, 0.05) is 18.2 Å². The Labute approximate surface area is 123 Å². The van der Waals surface area contributed by atoms with Crippen molar-refractivity contribution >= 4 is 11.4 Å². The summed E-state index contributed by atoms with van der Waals surface area (Å²) in [6.07, 6.45) is 0. The predicted molar refractivity (Wildman–Crippen MR) is 80.0 cm³/mol. The maximum Gasteiger partial charge on any atom is 0.296 e. The molecule has 1 aliphatic rings. The number of rotatable bonds is 5. The number of nitrogens with zero attached hydrogens (tertiary/aromatic N) is 1. The Morgan fingerprint density at radius 3 is 2.43 bits per heavy atom. The van der Waals surface area contributed by atoms with Gasteiger partial charge in [-0.2, -0.15) is 0 Å². The number of nitro groups is 1. The van der Waals surface area contributed by atoms with Crippen LogP contribution in [0.1, 0.15) is 20.8 Å². The fourth-order valence-electron chi connectivity index (χ4n) is 2.07. The molecule has 0 aromatic heterocycles. The molecule has 21 heavy (non-hydrogen) atoms. The molecule has 1 aromatic carbocycles. The summed E-state index contributed by atoms with van der Waals surface area (Å²) in [5, 5.41) is 14.5. The lowest BCUT2D eigenvalue weighted by Crippen LogP contribution is -2.47. The molecule has 7 nitrogen and oxygen atoms in total. The fraction of sp³-hybridized carbons (Fsp3) is 0.571. The van der Waals surface area contributed by atoms with Crippen LogP contribution in [0.25, 0.3) is 0 Å². The lowest BCUT2D eigenvalue weighted by Gasteiger charge is -2.34. The van der Waals surface area contributed by atoms with Gasteiger partial charge in [-0.15, -0.1) is 0 Å². The van der Waals surface area contributed by atoms with Gasteiger partial charge in [0.05, 0.1) is 11.0 Å². The highest BCUT2D eigenvalue weighted by atomic mass is 16.6. The minimum atomic E-state index is -0.450. The largest absolute Gasteiger partial charge is 0.486 e. The molecule has 0 saturated heterocycles. The molecule has 1 aliphatic heterocycles. The second-order valence-corrected chi connectivity index (χ2v) is 5.67. The molecule has 0 bridgehead atoms. The van der Waals surface area contributed by atoms with Crippen LogP contribution in [0.5, 0.6) is 11.5 Å². The van der Waals surface area contributed by atoms with Gasteiger partial charge in [0.2, 0.25) is 0 Å². The standard InChI is InChI=1S/C14H21N3O4/c1-9(2)14(3,8-15)16-10-6-12-13(21-5-4-20-12)7-11(10)17(18)19/h6-7,9,16H,4-5,8,15H2,1-3H3. The molecular formula is C14H21N3O4. The number of benzene rings is 1. The average Bonchev–Trinajstić information content (AvgIpc) is 2.45. The summed E-state index contributed by atoms with van der Waals surface area (Å²) in [5.41, 5.74) is 5.73. The second-order valence-electron chi connectivity index (χ2n) is 5.67. The zero-order valence-electron chi connectivity index (χ0n) is 12.5. The smallest absolute Gasteiger partial charge is 0.296 e. The number of hydrogen-bond donors (Lipinski definition) is 2. The third kappa shape index (κ3) is 3.02. The van der Waals surface area contributed by atoms with Crippen LogP contribution in [0, 0.1) is 16.0 Å². The van der Waals surface area contributed by atoms with E-state index in [4.69, 9.17) is 15.2 Å². The van der Waals surface area contributed by atoms with Gasteiger partial charge >= 0.3 is 0 Å². The molecule has 0 fully saturated rings. The van der Waals surface area contributed by atoms with Gasteiger partial charge in [0.25, 0.3) is 5.69 Å². The van der Waals surface area contributed by atoms with E-state index in [1.54, 1.807) is 6.07 Å². The van der Waals surface area contributed by atoms with Gasteiger partial charge < -0.3 is 20.5 Å². The SMILES string of the molecule is CC(C)C(C)(CN)Nc1cc2c(cc1[N+](=O)[O-])OCCO2. The van der Waals surface area contributed by atoms with Crippen LogP contribution in [0.3, 0.4) is 0 Å². The van der Waals surface area contributed by atoms with Crippen LogP contribution < -0.4 is 20.5 Å². The first-order valence-corrected chi connectivity index (χ1v) is 6.93. The summed E-state index contributed by atoms with van der Waals surface area (Å²) in [5.74, 6) is 1.12. The fourth-order valence-corrected chi connectivity index (χ4v) is 2.07. The lowest BCUT2D eigenvalue weighted by atomic mass is 9.88. The van der Waals surface area contributed by atoms with Crippen molar-refractivity contribution in [2.75, 3.05) is 25.1 Å². The summed E-state index contributed by atoms with van der Waals surface area (Å²) in [6, 6.07) is 3.01. The molecule has 0 radical (unpaired) electrons. The minimum absolute atomic E-state index is 0.0421. The molecule has 0 saturated carbocycles. The zero-order chi connectivity index (χ0) is 15.6. The number of ether oxygens (including phenoxy) is 2. The molecule has 1 aromatic rings.